The first-order valence-electron chi connectivity index (χ1n) is 15.8. The van der Waals surface area contributed by atoms with Gasteiger partial charge in [-0.15, -0.1) is 15.0 Å². The molecule has 0 spiro atoms. The van der Waals surface area contributed by atoms with E-state index in [9.17, 15) is 19.5 Å². The van der Waals surface area contributed by atoms with E-state index in [1.165, 1.54) is 11.1 Å². The van der Waals surface area contributed by atoms with Gasteiger partial charge in [0.15, 0.2) is 22.6 Å². The van der Waals surface area contributed by atoms with E-state index in [0.29, 0.717) is 72.3 Å². The third-order valence-electron chi connectivity index (χ3n) is 10.2. The van der Waals surface area contributed by atoms with Gasteiger partial charge in [0, 0.05) is 49.8 Å². The standard InChI is InChI=1S/C32H38N10O4/c1-5-22-26(39-10-12-40(13-11-39)30(46)25-27(44)20(4)34-18-35-25)28(45)24-29(38-42(37-24)21-6-8-33-9-7-21)41(22)14-23(43)36-32-15-31(16-32,17-32)19(2)3/h6-9,18-19,44H,5,10-17H2,1-4H3,(H,36,43). The van der Waals surface area contributed by atoms with Crippen LogP contribution < -0.4 is 15.6 Å². The van der Waals surface area contributed by atoms with Crippen molar-refractivity contribution in [1.82, 2.24) is 44.7 Å². The lowest BCUT2D eigenvalue weighted by Gasteiger charge is -2.72. The second-order valence-corrected chi connectivity index (χ2v) is 13.2. The van der Waals surface area contributed by atoms with Crippen LogP contribution in [0.4, 0.5) is 5.69 Å². The number of anilines is 1. The molecule has 4 aromatic heterocycles. The lowest BCUT2D eigenvalue weighted by atomic mass is 9.36. The second-order valence-electron chi connectivity index (χ2n) is 13.2. The maximum absolute atomic E-state index is 14.2. The highest BCUT2D eigenvalue weighted by Gasteiger charge is 2.69. The highest BCUT2D eigenvalue weighted by atomic mass is 16.3. The monoisotopic (exact) mass is 626 g/mol. The number of amides is 2. The first kappa shape index (κ1) is 29.8. The Hall–Kier alpha value is -4.88. The van der Waals surface area contributed by atoms with Gasteiger partial charge in [-0.25, -0.2) is 9.97 Å². The quantitative estimate of drug-likeness (QED) is 0.296. The Balaban J connectivity index is 1.21. The van der Waals surface area contributed by atoms with Crippen LogP contribution in [0.5, 0.6) is 5.75 Å². The summed E-state index contributed by atoms with van der Waals surface area (Å²) in [6, 6.07) is 3.51. The summed E-state index contributed by atoms with van der Waals surface area (Å²) in [7, 11) is 0. The van der Waals surface area contributed by atoms with Gasteiger partial charge in [0.05, 0.1) is 11.4 Å². The molecular weight excluding hydrogens is 588 g/mol. The van der Waals surface area contributed by atoms with Gasteiger partial charge in [-0.1, -0.05) is 20.8 Å². The van der Waals surface area contributed by atoms with Crippen LogP contribution in [-0.4, -0.2) is 88.1 Å². The lowest BCUT2D eigenvalue weighted by molar-refractivity contribution is -0.187. The SMILES string of the molecule is CCc1c(N2CCN(C(=O)c3ncnc(C)c3O)CC2)c(=O)c2nn(-c3ccncc3)nc2n1CC(=O)NC12CC(C(C)C)(C1)C2. The van der Waals surface area contributed by atoms with Crippen LogP contribution in [0.2, 0.25) is 0 Å². The number of hydrogen-bond acceptors (Lipinski definition) is 10. The Morgan fingerprint density at radius 2 is 1.74 bits per heavy atom. The third kappa shape index (κ3) is 4.69. The Kier molecular flexibility index (Phi) is 7.05. The zero-order valence-electron chi connectivity index (χ0n) is 26.5. The van der Waals surface area contributed by atoms with Crippen LogP contribution in [0.25, 0.3) is 16.9 Å². The fraction of sp³-hybridized carbons (Fsp3) is 0.500. The Bertz CT molecular complexity index is 1890. The fourth-order valence-corrected chi connectivity index (χ4v) is 7.57. The van der Waals surface area contributed by atoms with Crippen LogP contribution in [-0.2, 0) is 17.8 Å². The van der Waals surface area contributed by atoms with E-state index in [1.807, 2.05) is 16.4 Å². The predicted octanol–water partition coefficient (Wildman–Crippen LogP) is 2.00. The molecule has 0 radical (unpaired) electrons. The molecule has 4 aliphatic rings. The molecule has 0 unspecified atom stereocenters. The van der Waals surface area contributed by atoms with Crippen LogP contribution >= 0.6 is 0 Å². The van der Waals surface area contributed by atoms with Gasteiger partial charge in [0.25, 0.3) is 5.91 Å². The summed E-state index contributed by atoms with van der Waals surface area (Å²) < 4.78 is 1.83. The molecule has 0 aromatic carbocycles. The molecule has 3 aliphatic carbocycles. The number of aromatic nitrogens is 7. The van der Waals surface area contributed by atoms with Crippen LogP contribution in [0, 0.1) is 18.3 Å². The molecule has 2 amide bonds. The normalized spacial score (nSPS) is 22.1. The van der Waals surface area contributed by atoms with Gasteiger partial charge >= 0.3 is 0 Å². The minimum atomic E-state index is -0.393. The molecule has 240 valence electrons. The number of aryl methyl sites for hydroxylation is 1. The van der Waals surface area contributed by atoms with Gasteiger partial charge in [-0.3, -0.25) is 19.4 Å². The third-order valence-corrected chi connectivity index (χ3v) is 10.2. The average Bonchev–Trinajstić information content (AvgIpc) is 3.47. The van der Waals surface area contributed by atoms with Gasteiger partial charge in [0.1, 0.15) is 18.6 Å². The van der Waals surface area contributed by atoms with Crippen molar-refractivity contribution in [3.05, 3.63) is 58.2 Å². The Labute approximate surface area is 265 Å². The molecule has 5 heterocycles. The van der Waals surface area contributed by atoms with Crippen molar-refractivity contribution in [2.24, 2.45) is 11.3 Å². The number of nitrogens with one attached hydrogen (secondary N) is 1. The molecule has 46 heavy (non-hydrogen) atoms. The summed E-state index contributed by atoms with van der Waals surface area (Å²) >= 11 is 0. The zero-order chi connectivity index (χ0) is 32.4. The molecule has 14 heteroatoms. The van der Waals surface area contributed by atoms with Gasteiger partial charge in [-0.2, -0.15) is 0 Å². The maximum atomic E-state index is 14.2. The smallest absolute Gasteiger partial charge is 0.276 e. The number of nitrogens with zero attached hydrogens (tertiary/aromatic N) is 9. The fourth-order valence-electron chi connectivity index (χ4n) is 7.57. The molecule has 0 atom stereocenters. The van der Waals surface area contributed by atoms with Crippen molar-refractivity contribution < 1.29 is 14.7 Å². The van der Waals surface area contributed by atoms with E-state index in [0.717, 1.165) is 19.3 Å². The van der Waals surface area contributed by atoms with E-state index in [1.54, 1.807) is 36.4 Å². The summed E-state index contributed by atoms with van der Waals surface area (Å²) in [6.45, 7) is 9.44. The van der Waals surface area contributed by atoms with E-state index < -0.39 is 5.91 Å². The first-order valence-corrected chi connectivity index (χ1v) is 15.8. The summed E-state index contributed by atoms with van der Waals surface area (Å²) in [5, 5.41) is 23.0. The van der Waals surface area contributed by atoms with Crippen molar-refractivity contribution >= 4 is 28.7 Å². The summed E-state index contributed by atoms with van der Waals surface area (Å²) in [5.41, 5.74) is 2.53. The molecule has 1 saturated heterocycles. The highest BCUT2D eigenvalue weighted by Crippen LogP contribution is 2.70. The minimum absolute atomic E-state index is 0.00319. The molecule has 8 rings (SSSR count). The number of hydrogen-bond donors (Lipinski definition) is 2. The number of aromatic hydroxyl groups is 1. The highest BCUT2D eigenvalue weighted by molar-refractivity contribution is 5.95. The molecule has 2 N–H and O–H groups in total. The van der Waals surface area contributed by atoms with Gasteiger partial charge in [-0.05, 0) is 56.1 Å². The molecule has 14 nitrogen and oxygen atoms in total. The van der Waals surface area contributed by atoms with Gasteiger partial charge < -0.3 is 24.8 Å². The average molecular weight is 627 g/mol. The van der Waals surface area contributed by atoms with Crippen molar-refractivity contribution in [2.45, 2.75) is 65.5 Å². The summed E-state index contributed by atoms with van der Waals surface area (Å²) in [6.07, 6.45) is 8.00. The van der Waals surface area contributed by atoms with Crippen molar-refractivity contribution in [3.63, 3.8) is 0 Å². The van der Waals surface area contributed by atoms with Crippen LogP contribution in [0.15, 0.2) is 35.6 Å². The number of rotatable bonds is 8. The number of fused-ring (bicyclic) bond motifs is 1. The molecule has 3 saturated carbocycles. The zero-order valence-corrected chi connectivity index (χ0v) is 26.5. The van der Waals surface area contributed by atoms with Crippen molar-refractivity contribution in [3.8, 4) is 11.4 Å². The number of carbonyl (C=O) groups excluding carboxylic acids is 2. The summed E-state index contributed by atoms with van der Waals surface area (Å²) in [5.74, 6) is -0.147. The van der Waals surface area contributed by atoms with E-state index in [-0.39, 0.29) is 40.4 Å². The molecule has 2 bridgehead atoms. The molecule has 1 aliphatic heterocycles. The number of pyridine rings is 2. The lowest BCUT2D eigenvalue weighted by Crippen LogP contribution is -2.76. The second kappa shape index (κ2) is 10.9. The molecule has 4 aromatic rings. The Morgan fingerprint density at radius 3 is 2.39 bits per heavy atom. The van der Waals surface area contributed by atoms with E-state index in [4.69, 9.17) is 5.10 Å². The molecule has 4 fully saturated rings. The van der Waals surface area contributed by atoms with Crippen molar-refractivity contribution in [2.75, 3.05) is 31.1 Å². The predicted molar refractivity (Wildman–Crippen MR) is 169 cm³/mol. The largest absolute Gasteiger partial charge is 0.504 e. The van der Waals surface area contributed by atoms with Gasteiger partial charge in [0.2, 0.25) is 11.3 Å². The molecular formula is C32H38N10O4. The number of piperazine rings is 1. The first-order chi connectivity index (χ1) is 22.0. The van der Waals surface area contributed by atoms with Crippen LogP contribution in [0.3, 0.4) is 0 Å². The van der Waals surface area contributed by atoms with E-state index in [2.05, 4.69) is 39.2 Å². The van der Waals surface area contributed by atoms with E-state index >= 15 is 0 Å². The topological polar surface area (TPSA) is 164 Å². The summed E-state index contributed by atoms with van der Waals surface area (Å²) in [4.78, 5) is 58.0. The maximum Gasteiger partial charge on any atom is 0.276 e. The number of carbonyl (C=O) groups is 2. The van der Waals surface area contributed by atoms with Crippen molar-refractivity contribution in [1.29, 1.82) is 0 Å². The minimum Gasteiger partial charge on any atom is -0.504 e. The van der Waals surface area contributed by atoms with Crippen LogP contribution in [0.1, 0.15) is 61.9 Å². The Morgan fingerprint density at radius 1 is 1.04 bits per heavy atom.